The van der Waals surface area contributed by atoms with E-state index in [0.29, 0.717) is 33.2 Å². The average Bonchev–Trinajstić information content (AvgIpc) is 3.71. The summed E-state index contributed by atoms with van der Waals surface area (Å²) in [6.07, 6.45) is 1.09. The minimum atomic E-state index is -1.97. The van der Waals surface area contributed by atoms with Crippen LogP contribution in [0.15, 0.2) is 140 Å². The van der Waals surface area contributed by atoms with Gasteiger partial charge in [0.25, 0.3) is 0 Å². The molecule has 7 aromatic carbocycles. The van der Waals surface area contributed by atoms with E-state index in [0.717, 1.165) is 24.3 Å². The molecule has 6 aliphatic heterocycles. The highest BCUT2D eigenvalue weighted by Crippen LogP contribution is 2.44. The van der Waals surface area contributed by atoms with Crippen LogP contribution in [-0.2, 0) is 52.8 Å². The number of rotatable bonds is 6. The summed E-state index contributed by atoms with van der Waals surface area (Å²) in [5.41, 5.74) is 8.43. The standard InChI is InChI=1S/C61H51ClN8O15/c62-41-20-30-7-14-47(41)85-48-23-31(6-13-46(48)74)53(61(82)83)70-56(77)44-16-28-3-10-38(11-4-28)84-49-24-33-19-40(54(49)75)29-5-12-39-34(26-64-43(39)21-29)22-45(65-55(76)42(63)15-27-1-8-35(71)9-2-27)57(78)67-51(32-17-36(72)25-37(73)18-32)59(80)69-52(33)60(81)68-50(30)58(79)66-44/h1-14,17-21,23-26,42,44-45,50-53,64,71-75H,15-16,22,63H2,(H,65,76)(H,66,79)(H,67,78)(H,68,81)(H,69,80)(H,70,77)(H,82,83)/t42-,44+,45+,50-,51+,52-,53-/m1/s1. The van der Waals surface area contributed by atoms with Crippen LogP contribution in [0.2, 0.25) is 5.02 Å². The molecule has 0 spiro atoms. The quantitative estimate of drug-likeness (QED) is 0.0993. The van der Waals surface area contributed by atoms with Crippen molar-refractivity contribution in [1.29, 1.82) is 0 Å². The Morgan fingerprint density at radius 2 is 1.25 bits per heavy atom. The number of aromatic hydroxyl groups is 5. The number of H-pyrrole nitrogens is 1. The smallest absolute Gasteiger partial charge is 0.330 e. The minimum absolute atomic E-state index is 0.0120. The third kappa shape index (κ3) is 11.8. The lowest BCUT2D eigenvalue weighted by atomic mass is 9.94. The second kappa shape index (κ2) is 22.9. The molecule has 6 aliphatic rings. The number of ether oxygens (including phenoxy) is 2. The highest BCUT2D eigenvalue weighted by atomic mass is 35.5. The number of amides is 6. The molecule has 0 fully saturated rings. The van der Waals surface area contributed by atoms with Crippen LogP contribution in [-0.4, -0.2) is 95.2 Å². The van der Waals surface area contributed by atoms with Crippen LogP contribution in [0.25, 0.3) is 22.0 Å². The number of hydrogen-bond acceptors (Lipinski definition) is 15. The fourth-order valence-electron chi connectivity index (χ4n) is 10.4. The Kier molecular flexibility index (Phi) is 15.1. The third-order valence-electron chi connectivity index (χ3n) is 14.8. The molecule has 0 saturated heterocycles. The van der Waals surface area contributed by atoms with Crippen molar-refractivity contribution >= 4 is 63.9 Å². The van der Waals surface area contributed by atoms with E-state index in [1.807, 2.05) is 0 Å². The van der Waals surface area contributed by atoms with Crippen LogP contribution < -0.4 is 47.1 Å². The second-order valence-electron chi connectivity index (χ2n) is 20.6. The van der Waals surface area contributed by atoms with E-state index in [1.54, 1.807) is 48.7 Å². The number of carbonyl (C=O) groups excluding carboxylic acids is 6. The summed E-state index contributed by atoms with van der Waals surface area (Å²) in [5, 5.41) is 81.3. The molecule has 0 saturated carbocycles. The Hall–Kier alpha value is -10.8. The van der Waals surface area contributed by atoms with Crippen LogP contribution in [0, 0.1) is 0 Å². The number of hydrogen-bond donors (Lipinski definition) is 14. The van der Waals surface area contributed by atoms with E-state index < -0.39 is 107 Å². The number of benzene rings is 7. The maximum atomic E-state index is 15.6. The number of phenols is 5. The van der Waals surface area contributed by atoms with Gasteiger partial charge in [-0.05, 0) is 130 Å². The second-order valence-corrected chi connectivity index (χ2v) is 21.1. The van der Waals surface area contributed by atoms with Crippen molar-refractivity contribution in [1.82, 2.24) is 36.9 Å². The van der Waals surface area contributed by atoms with Gasteiger partial charge >= 0.3 is 5.97 Å². The molecule has 85 heavy (non-hydrogen) atoms. The molecule has 23 nitrogen and oxygen atoms in total. The summed E-state index contributed by atoms with van der Waals surface area (Å²) in [4.78, 5) is 106. The SMILES string of the molecule is N[C@H](Cc1ccc(O)cc1)C(=O)N[C@H]1Cc2c[nH]c3cc(ccc23)-c2cc3cc(c2O)Oc2ccc(cc2)C[C@@H]2NC(=O)[C@H](NC(=O)[C@@H]3NC(=O)[C@H](c3cc(O)cc(O)c3)NC1=O)c1ccc(c(Cl)c1)Oc1cc(ccc1O)[C@H](C(=O)O)NC2=O. The number of phenolic OH excluding ortho intramolecular Hbond substituents is 5. The van der Waals surface area contributed by atoms with Gasteiger partial charge in [0.05, 0.1) is 11.1 Å². The normalized spacial score (nSPS) is 20.0. The maximum Gasteiger partial charge on any atom is 0.330 e. The third-order valence-corrected chi connectivity index (χ3v) is 15.1. The van der Waals surface area contributed by atoms with Crippen LogP contribution in [0.4, 0.5) is 0 Å². The number of fused-ring (bicyclic) bond motifs is 14. The van der Waals surface area contributed by atoms with Gasteiger partial charge in [0.2, 0.25) is 35.4 Å². The van der Waals surface area contributed by atoms with Gasteiger partial charge in [-0.3, -0.25) is 28.8 Å². The van der Waals surface area contributed by atoms with Crippen molar-refractivity contribution in [2.45, 2.75) is 61.6 Å². The molecular weight excluding hydrogens is 1120 g/mol. The van der Waals surface area contributed by atoms with Crippen LogP contribution >= 0.6 is 11.6 Å². The summed E-state index contributed by atoms with van der Waals surface area (Å²) >= 11 is 6.84. The first-order valence-corrected chi connectivity index (χ1v) is 26.8. The Balaban J connectivity index is 1.07. The molecule has 15 N–H and O–H groups in total. The molecular formula is C61H51ClN8O15. The molecule has 1 aromatic heterocycles. The number of nitrogens with one attached hydrogen (secondary N) is 7. The van der Waals surface area contributed by atoms with E-state index >= 15 is 14.4 Å². The molecule has 24 heteroatoms. The fourth-order valence-corrected chi connectivity index (χ4v) is 10.7. The lowest BCUT2D eigenvalue weighted by molar-refractivity contribution is -0.142. The predicted molar refractivity (Wildman–Crippen MR) is 304 cm³/mol. The molecule has 0 aliphatic carbocycles. The van der Waals surface area contributed by atoms with E-state index in [9.17, 15) is 49.8 Å². The largest absolute Gasteiger partial charge is 0.508 e. The fraction of sp³-hybridized carbons (Fsp3) is 0.164. The first kappa shape index (κ1) is 56.1. The number of carbonyl (C=O) groups is 7. The number of carboxylic acids is 1. The number of nitrogens with two attached hydrogens (primary N) is 1. The summed E-state index contributed by atoms with van der Waals surface area (Å²) in [7, 11) is 0. The summed E-state index contributed by atoms with van der Waals surface area (Å²) in [5.74, 6) is -10.1. The van der Waals surface area contributed by atoms with Crippen LogP contribution in [0.1, 0.15) is 63.1 Å². The highest BCUT2D eigenvalue weighted by Gasteiger charge is 2.38. The lowest BCUT2D eigenvalue weighted by Crippen LogP contribution is -2.55. The molecule has 7 heterocycles. The maximum absolute atomic E-state index is 15.6. The zero-order valence-electron chi connectivity index (χ0n) is 44.3. The van der Waals surface area contributed by atoms with E-state index in [4.69, 9.17) is 26.8 Å². The van der Waals surface area contributed by atoms with Gasteiger partial charge in [0, 0.05) is 41.6 Å². The van der Waals surface area contributed by atoms with Crippen molar-refractivity contribution in [3.8, 4) is 62.9 Å². The van der Waals surface area contributed by atoms with Gasteiger partial charge in [-0.15, -0.1) is 0 Å². The zero-order chi connectivity index (χ0) is 60.0. The van der Waals surface area contributed by atoms with E-state index in [2.05, 4.69) is 36.9 Å². The Morgan fingerprint density at radius 1 is 0.600 bits per heavy atom. The summed E-state index contributed by atoms with van der Waals surface area (Å²) in [6.45, 7) is 0. The van der Waals surface area contributed by atoms with Crippen LogP contribution in [0.5, 0.6) is 51.7 Å². The molecule has 8 aromatic rings. The molecule has 14 rings (SSSR count). The number of aromatic nitrogens is 1. The molecule has 0 radical (unpaired) electrons. The summed E-state index contributed by atoms with van der Waals surface area (Å²) < 4.78 is 12.3. The Bertz CT molecular complexity index is 4020. The van der Waals surface area contributed by atoms with Gasteiger partial charge in [-0.1, -0.05) is 60.1 Å². The highest BCUT2D eigenvalue weighted by molar-refractivity contribution is 6.32. The van der Waals surface area contributed by atoms with Crippen molar-refractivity contribution in [3.63, 3.8) is 0 Å². The lowest BCUT2D eigenvalue weighted by Gasteiger charge is -2.29. The molecule has 15 bridgehead atoms. The van der Waals surface area contributed by atoms with E-state index in [1.165, 1.54) is 66.7 Å². The van der Waals surface area contributed by atoms with Crippen molar-refractivity contribution in [2.24, 2.45) is 5.73 Å². The number of halogens is 1. The zero-order valence-corrected chi connectivity index (χ0v) is 45.0. The average molecular weight is 1170 g/mol. The van der Waals surface area contributed by atoms with Gasteiger partial charge in [-0.2, -0.15) is 0 Å². The predicted octanol–water partition coefficient (Wildman–Crippen LogP) is 5.38. The molecule has 0 unspecified atom stereocenters. The van der Waals surface area contributed by atoms with Gasteiger partial charge in [0.15, 0.2) is 29.0 Å². The number of carboxylic acid groups (broad SMARTS) is 1. The van der Waals surface area contributed by atoms with Crippen molar-refractivity contribution in [2.75, 3.05) is 0 Å². The first-order chi connectivity index (χ1) is 40.7. The Morgan fingerprint density at radius 3 is 1.94 bits per heavy atom. The van der Waals surface area contributed by atoms with Crippen molar-refractivity contribution < 1.29 is 73.7 Å². The van der Waals surface area contributed by atoms with Gasteiger partial charge in [0.1, 0.15) is 59.0 Å². The number of aromatic amines is 1. The number of aliphatic carboxylic acids is 1. The van der Waals surface area contributed by atoms with Gasteiger partial charge in [-0.25, -0.2) is 4.79 Å². The van der Waals surface area contributed by atoms with E-state index in [-0.39, 0.29) is 80.8 Å². The summed E-state index contributed by atoms with van der Waals surface area (Å²) in [6, 6.07) is 18.6. The van der Waals surface area contributed by atoms with Gasteiger partial charge < -0.3 is 82.7 Å². The molecule has 6 amide bonds. The Labute approximate surface area is 486 Å². The minimum Gasteiger partial charge on any atom is -0.508 e. The van der Waals surface area contributed by atoms with Crippen molar-refractivity contribution in [3.05, 3.63) is 184 Å². The van der Waals surface area contributed by atoms with Crippen LogP contribution in [0.3, 0.4) is 0 Å². The topological polar surface area (TPSA) is 373 Å². The molecule has 7 atom stereocenters. The monoisotopic (exact) mass is 1170 g/mol. The first-order valence-electron chi connectivity index (χ1n) is 26.4. The molecule has 432 valence electrons.